The summed E-state index contributed by atoms with van der Waals surface area (Å²) in [5.41, 5.74) is -1.96. The predicted octanol–water partition coefficient (Wildman–Crippen LogP) is 0.426. The van der Waals surface area contributed by atoms with Gasteiger partial charge < -0.3 is 29.2 Å². The zero-order valence-corrected chi connectivity index (χ0v) is 18.6. The summed E-state index contributed by atoms with van der Waals surface area (Å²) in [7, 11) is 0. The van der Waals surface area contributed by atoms with Gasteiger partial charge in [-0.2, -0.15) is 0 Å². The second kappa shape index (κ2) is 11.4. The molecule has 12 nitrogen and oxygen atoms in total. The third kappa shape index (κ3) is 6.39. The standard InChI is InChI=1S/C20H29FN2O10/c1-4-5-6-9-30-19(29)32-11-23-13(24)7-8-22(18(23)28)16-14(25)15(26)20(21,33-16)10-31-17(27)12(2)3/h7-8,12,14-16,25-26H,4-6,9-11H2,1-3H3/t14-,15+,16-,20-/m1/s1. The normalized spacial score (nSPS) is 24.6. The van der Waals surface area contributed by atoms with Crippen LogP contribution in [0.3, 0.4) is 0 Å². The SMILES string of the molecule is CCCCCOC(=O)OCn1c(=O)ccn([C@@H]2O[C@](F)(COC(=O)C(C)C)[C@@H](O)[C@H]2O)c1=O. The molecule has 186 valence electrons. The van der Waals surface area contributed by atoms with Crippen LogP contribution < -0.4 is 11.2 Å². The fraction of sp³-hybridized carbons (Fsp3) is 0.700. The second-order valence-corrected chi connectivity index (χ2v) is 7.84. The van der Waals surface area contributed by atoms with Crippen molar-refractivity contribution in [2.45, 2.75) is 71.1 Å². The molecular weight excluding hydrogens is 447 g/mol. The first kappa shape index (κ1) is 26.5. The Hall–Kier alpha value is -2.77. The van der Waals surface area contributed by atoms with Crippen molar-refractivity contribution in [1.29, 1.82) is 0 Å². The average molecular weight is 476 g/mol. The van der Waals surface area contributed by atoms with E-state index < -0.39 is 66.9 Å². The van der Waals surface area contributed by atoms with E-state index in [1.165, 1.54) is 13.8 Å². The molecule has 1 aromatic heterocycles. The Morgan fingerprint density at radius 2 is 1.91 bits per heavy atom. The summed E-state index contributed by atoms with van der Waals surface area (Å²) in [5, 5.41) is 20.4. The molecule has 2 N–H and O–H groups in total. The van der Waals surface area contributed by atoms with E-state index >= 15 is 4.39 Å². The van der Waals surface area contributed by atoms with E-state index in [-0.39, 0.29) is 6.61 Å². The highest BCUT2D eigenvalue weighted by molar-refractivity contribution is 5.71. The number of aliphatic hydroxyl groups excluding tert-OH is 2. The molecule has 0 saturated carbocycles. The van der Waals surface area contributed by atoms with Crippen molar-refractivity contribution in [1.82, 2.24) is 9.13 Å². The number of carbonyl (C=O) groups is 2. The van der Waals surface area contributed by atoms with Gasteiger partial charge in [-0.3, -0.25) is 14.2 Å². The van der Waals surface area contributed by atoms with Crippen LogP contribution in [-0.4, -0.2) is 62.7 Å². The smallest absolute Gasteiger partial charge is 0.459 e. The molecule has 2 rings (SSSR count). The van der Waals surface area contributed by atoms with Crippen molar-refractivity contribution in [3.63, 3.8) is 0 Å². The highest BCUT2D eigenvalue weighted by Crippen LogP contribution is 2.38. The zero-order valence-electron chi connectivity index (χ0n) is 18.6. The molecule has 1 fully saturated rings. The first-order valence-electron chi connectivity index (χ1n) is 10.5. The number of ether oxygens (including phenoxy) is 4. The molecule has 4 atom stereocenters. The van der Waals surface area contributed by atoms with Gasteiger partial charge in [0.2, 0.25) is 0 Å². The van der Waals surface area contributed by atoms with Crippen molar-refractivity contribution in [3.8, 4) is 0 Å². The van der Waals surface area contributed by atoms with Crippen LogP contribution in [0.25, 0.3) is 0 Å². The van der Waals surface area contributed by atoms with Crippen molar-refractivity contribution in [2.75, 3.05) is 13.2 Å². The minimum Gasteiger partial charge on any atom is -0.459 e. The lowest BCUT2D eigenvalue weighted by molar-refractivity contribution is -0.218. The van der Waals surface area contributed by atoms with Gasteiger partial charge in [0.15, 0.2) is 19.6 Å². The van der Waals surface area contributed by atoms with Crippen LogP contribution >= 0.6 is 0 Å². The van der Waals surface area contributed by atoms with Gasteiger partial charge in [0.05, 0.1) is 12.5 Å². The Morgan fingerprint density at radius 3 is 2.55 bits per heavy atom. The minimum atomic E-state index is -3.01. The summed E-state index contributed by atoms with van der Waals surface area (Å²) in [6, 6.07) is 0.900. The third-order valence-corrected chi connectivity index (χ3v) is 4.91. The average Bonchev–Trinajstić information content (AvgIpc) is 2.99. The molecule has 0 aliphatic carbocycles. The maximum Gasteiger partial charge on any atom is 0.510 e. The topological polar surface area (TPSA) is 156 Å². The summed E-state index contributed by atoms with van der Waals surface area (Å²) >= 11 is 0. The maximum absolute atomic E-state index is 15.1. The van der Waals surface area contributed by atoms with E-state index in [9.17, 15) is 29.4 Å². The first-order chi connectivity index (χ1) is 15.5. The Bertz CT molecular complexity index is 946. The van der Waals surface area contributed by atoms with E-state index in [0.717, 1.165) is 25.1 Å². The number of halogens is 1. The van der Waals surface area contributed by atoms with Crippen molar-refractivity contribution < 1.29 is 43.1 Å². The van der Waals surface area contributed by atoms with Gasteiger partial charge in [0.25, 0.3) is 11.4 Å². The molecule has 2 heterocycles. The van der Waals surface area contributed by atoms with E-state index in [2.05, 4.69) is 0 Å². The van der Waals surface area contributed by atoms with Crippen molar-refractivity contribution >= 4 is 12.1 Å². The van der Waals surface area contributed by atoms with Crippen LogP contribution in [0.15, 0.2) is 21.9 Å². The molecule has 0 bridgehead atoms. The molecule has 0 radical (unpaired) electrons. The summed E-state index contributed by atoms with van der Waals surface area (Å²) in [6.45, 7) is 3.29. The number of rotatable bonds is 10. The van der Waals surface area contributed by atoms with E-state index in [1.807, 2.05) is 6.92 Å². The maximum atomic E-state index is 15.1. The van der Waals surface area contributed by atoms with Crippen LogP contribution in [0.4, 0.5) is 9.18 Å². The van der Waals surface area contributed by atoms with E-state index in [4.69, 9.17) is 18.9 Å². The fourth-order valence-corrected chi connectivity index (χ4v) is 2.94. The summed E-state index contributed by atoms with van der Waals surface area (Å²) in [6.07, 6.45) is -3.64. The number of nitrogens with zero attached hydrogens (tertiary/aromatic N) is 2. The van der Waals surface area contributed by atoms with Crippen LogP contribution in [0.2, 0.25) is 0 Å². The van der Waals surface area contributed by atoms with Crippen LogP contribution in [-0.2, 0) is 30.5 Å². The molecule has 0 amide bonds. The van der Waals surface area contributed by atoms with Gasteiger partial charge in [-0.1, -0.05) is 33.6 Å². The van der Waals surface area contributed by atoms with Gasteiger partial charge in [0, 0.05) is 12.3 Å². The Morgan fingerprint density at radius 1 is 1.21 bits per heavy atom. The second-order valence-electron chi connectivity index (χ2n) is 7.84. The molecule has 0 spiro atoms. The number of unbranched alkanes of at least 4 members (excludes halogenated alkanes) is 2. The summed E-state index contributed by atoms with van der Waals surface area (Å²) in [4.78, 5) is 48.0. The number of aromatic nitrogens is 2. The van der Waals surface area contributed by atoms with Crippen LogP contribution in [0.5, 0.6) is 0 Å². The quantitative estimate of drug-likeness (QED) is 0.359. The molecule has 33 heavy (non-hydrogen) atoms. The molecule has 1 aliphatic rings. The highest BCUT2D eigenvalue weighted by Gasteiger charge is 2.57. The third-order valence-electron chi connectivity index (χ3n) is 4.91. The van der Waals surface area contributed by atoms with Crippen LogP contribution in [0.1, 0.15) is 46.3 Å². The predicted molar refractivity (Wildman–Crippen MR) is 109 cm³/mol. The Kier molecular flexibility index (Phi) is 9.14. The number of alkyl halides is 1. The van der Waals surface area contributed by atoms with Gasteiger partial charge in [0.1, 0.15) is 12.2 Å². The zero-order chi connectivity index (χ0) is 24.8. The lowest BCUT2D eigenvalue weighted by Crippen LogP contribution is -2.44. The van der Waals surface area contributed by atoms with Gasteiger partial charge in [-0.25, -0.2) is 18.5 Å². The highest BCUT2D eigenvalue weighted by atomic mass is 19.2. The van der Waals surface area contributed by atoms with Gasteiger partial charge in [-0.15, -0.1) is 0 Å². The molecule has 0 unspecified atom stereocenters. The largest absolute Gasteiger partial charge is 0.510 e. The number of esters is 1. The Balaban J connectivity index is 2.14. The number of aliphatic hydroxyl groups is 2. The number of hydrogen-bond acceptors (Lipinski definition) is 10. The van der Waals surface area contributed by atoms with E-state index in [1.54, 1.807) is 0 Å². The molecule has 1 saturated heterocycles. The van der Waals surface area contributed by atoms with Crippen LogP contribution in [0, 0.1) is 5.92 Å². The Labute approximate surface area is 188 Å². The van der Waals surface area contributed by atoms with Gasteiger partial charge in [-0.05, 0) is 6.42 Å². The van der Waals surface area contributed by atoms with Crippen molar-refractivity contribution in [2.24, 2.45) is 5.92 Å². The number of carbonyl (C=O) groups excluding carboxylic acids is 2. The molecule has 0 aromatic carbocycles. The van der Waals surface area contributed by atoms with Gasteiger partial charge >= 0.3 is 17.8 Å². The lowest BCUT2D eigenvalue weighted by Gasteiger charge is -2.23. The fourth-order valence-electron chi connectivity index (χ4n) is 2.94. The lowest BCUT2D eigenvalue weighted by atomic mass is 10.1. The summed E-state index contributed by atoms with van der Waals surface area (Å²) in [5.74, 6) is -4.34. The molecule has 13 heteroatoms. The van der Waals surface area contributed by atoms with Crippen molar-refractivity contribution in [3.05, 3.63) is 33.1 Å². The molecule has 1 aliphatic heterocycles. The monoisotopic (exact) mass is 476 g/mol. The minimum absolute atomic E-state index is 0.112. The molecular formula is C20H29FN2O10. The first-order valence-corrected chi connectivity index (χ1v) is 10.5. The summed E-state index contributed by atoms with van der Waals surface area (Å²) < 4.78 is 35.6. The number of hydrogen-bond donors (Lipinski definition) is 2. The molecule has 1 aromatic rings. The van der Waals surface area contributed by atoms with E-state index in [0.29, 0.717) is 15.6 Å².